The molecule has 6 nitrogen and oxygen atoms in total. The summed E-state index contributed by atoms with van der Waals surface area (Å²) in [6.07, 6.45) is 1.80. The van der Waals surface area contributed by atoms with Crippen LogP contribution < -0.4 is 10.2 Å². The predicted octanol–water partition coefficient (Wildman–Crippen LogP) is 5.67. The Morgan fingerprint density at radius 2 is 1.74 bits per heavy atom. The molecule has 2 aromatic heterocycles. The van der Waals surface area contributed by atoms with Gasteiger partial charge in [-0.2, -0.15) is 0 Å². The molecule has 0 saturated carbocycles. The van der Waals surface area contributed by atoms with E-state index < -0.39 is 5.97 Å². The van der Waals surface area contributed by atoms with Crippen LogP contribution in [0.5, 0.6) is 0 Å². The summed E-state index contributed by atoms with van der Waals surface area (Å²) in [6, 6.07) is 23.2. The first-order chi connectivity index (χ1) is 16.9. The number of nitrogens with one attached hydrogen (secondary N) is 1. The summed E-state index contributed by atoms with van der Waals surface area (Å²) >= 11 is 5.83. The lowest BCUT2D eigenvalue weighted by atomic mass is 9.96. The minimum Gasteiger partial charge on any atom is -0.478 e. The third-order valence-corrected chi connectivity index (χ3v) is 6.93. The molecular formula is C28H26N4O2S. The number of aryl methyl sites for hydroxylation is 2. The highest BCUT2D eigenvalue weighted by Crippen LogP contribution is 2.43. The fourth-order valence-corrected chi connectivity index (χ4v) is 5.32. The average Bonchev–Trinajstić information content (AvgIpc) is 3.35. The standard InChI is InChI=1S/C28H26N4O2S/c1-17-12-13-20(27(33)34)16-24(17)31-18(2)15-22(19(31)3)26-25(23-11-7-8-14-29-23)30-28(35)32(26)21-9-5-4-6-10-21/h4-16,25-26H,1-3H3,(H,30,35)(H,33,34)/t25-,26-/m1/s1. The van der Waals surface area contributed by atoms with Gasteiger partial charge in [-0.3, -0.25) is 4.98 Å². The van der Waals surface area contributed by atoms with E-state index in [1.165, 1.54) is 0 Å². The van der Waals surface area contributed by atoms with E-state index in [0.29, 0.717) is 5.11 Å². The summed E-state index contributed by atoms with van der Waals surface area (Å²) in [7, 11) is 0. The van der Waals surface area contributed by atoms with Gasteiger partial charge in [0.25, 0.3) is 0 Å². The molecule has 5 rings (SSSR count). The number of aromatic nitrogens is 2. The minimum atomic E-state index is -0.940. The van der Waals surface area contributed by atoms with Crippen LogP contribution in [0.25, 0.3) is 5.69 Å². The highest BCUT2D eigenvalue weighted by molar-refractivity contribution is 7.80. The normalized spacial score (nSPS) is 17.5. The molecule has 0 bridgehead atoms. The molecular weight excluding hydrogens is 456 g/mol. The van der Waals surface area contributed by atoms with Crippen LogP contribution in [0.1, 0.15) is 50.7 Å². The van der Waals surface area contributed by atoms with Gasteiger partial charge in [0.1, 0.15) is 0 Å². The monoisotopic (exact) mass is 482 g/mol. The lowest BCUT2D eigenvalue weighted by Crippen LogP contribution is -2.29. The largest absolute Gasteiger partial charge is 0.478 e. The third kappa shape index (κ3) is 3.98. The maximum Gasteiger partial charge on any atom is 0.335 e. The number of carboxylic acid groups (broad SMARTS) is 1. The Morgan fingerprint density at radius 1 is 1.00 bits per heavy atom. The smallest absolute Gasteiger partial charge is 0.335 e. The van der Waals surface area contributed by atoms with E-state index in [9.17, 15) is 9.90 Å². The lowest BCUT2D eigenvalue weighted by Gasteiger charge is -2.28. The van der Waals surface area contributed by atoms with Crippen LogP contribution >= 0.6 is 12.2 Å². The van der Waals surface area contributed by atoms with Crippen LogP contribution in [0.15, 0.2) is 79.0 Å². The van der Waals surface area contributed by atoms with Gasteiger partial charge in [0.15, 0.2) is 5.11 Å². The summed E-state index contributed by atoms with van der Waals surface area (Å²) in [4.78, 5) is 18.5. The van der Waals surface area contributed by atoms with Gasteiger partial charge >= 0.3 is 5.97 Å². The molecule has 0 amide bonds. The van der Waals surface area contributed by atoms with Crippen molar-refractivity contribution in [3.8, 4) is 5.69 Å². The summed E-state index contributed by atoms with van der Waals surface area (Å²) in [6.45, 7) is 6.13. The molecule has 1 saturated heterocycles. The van der Waals surface area contributed by atoms with Gasteiger partial charge in [-0.1, -0.05) is 30.3 Å². The van der Waals surface area contributed by atoms with Gasteiger partial charge in [0, 0.05) is 29.0 Å². The fourth-order valence-electron chi connectivity index (χ4n) is 4.98. The number of thiocarbonyl (C=S) groups is 1. The first-order valence-electron chi connectivity index (χ1n) is 11.5. The van der Waals surface area contributed by atoms with Crippen molar-refractivity contribution in [2.75, 3.05) is 4.90 Å². The number of carbonyl (C=O) groups is 1. The number of nitrogens with zero attached hydrogens (tertiary/aromatic N) is 3. The Hall–Kier alpha value is -3.97. The van der Waals surface area contributed by atoms with E-state index >= 15 is 0 Å². The zero-order chi connectivity index (χ0) is 24.7. The molecule has 0 radical (unpaired) electrons. The molecule has 3 heterocycles. The van der Waals surface area contributed by atoms with Crippen molar-refractivity contribution < 1.29 is 9.90 Å². The minimum absolute atomic E-state index is 0.136. The van der Waals surface area contributed by atoms with Gasteiger partial charge < -0.3 is 19.9 Å². The summed E-state index contributed by atoms with van der Waals surface area (Å²) < 4.78 is 2.14. The van der Waals surface area contributed by atoms with E-state index in [4.69, 9.17) is 12.2 Å². The Kier molecular flexibility index (Phi) is 5.86. The lowest BCUT2D eigenvalue weighted by molar-refractivity contribution is 0.0697. The summed E-state index contributed by atoms with van der Waals surface area (Å²) in [5.74, 6) is -0.940. The summed E-state index contributed by atoms with van der Waals surface area (Å²) in [5.41, 5.74) is 7.20. The predicted molar refractivity (Wildman–Crippen MR) is 141 cm³/mol. The van der Waals surface area contributed by atoms with E-state index in [2.05, 4.69) is 44.9 Å². The number of aromatic carboxylic acids is 1. The zero-order valence-corrected chi connectivity index (χ0v) is 20.6. The van der Waals surface area contributed by atoms with Crippen molar-refractivity contribution in [1.29, 1.82) is 0 Å². The second-order valence-corrected chi connectivity index (χ2v) is 9.19. The van der Waals surface area contributed by atoms with Crippen LogP contribution in [-0.2, 0) is 0 Å². The van der Waals surface area contributed by atoms with Crippen molar-refractivity contribution in [2.45, 2.75) is 32.9 Å². The zero-order valence-electron chi connectivity index (χ0n) is 19.8. The van der Waals surface area contributed by atoms with Gasteiger partial charge in [-0.25, -0.2) is 4.79 Å². The number of carboxylic acids is 1. The SMILES string of the molecule is Cc1ccc(C(=O)O)cc1-n1c(C)cc([C@@H]2[C@@H](c3ccccn3)NC(=S)N2c2ccccc2)c1C. The Bertz CT molecular complexity index is 1420. The Labute approximate surface area is 209 Å². The maximum absolute atomic E-state index is 11.7. The van der Waals surface area contributed by atoms with Crippen LogP contribution in [-0.4, -0.2) is 25.7 Å². The number of anilines is 1. The van der Waals surface area contributed by atoms with Crippen LogP contribution in [0.2, 0.25) is 0 Å². The Balaban J connectivity index is 1.70. The molecule has 7 heteroatoms. The average molecular weight is 483 g/mol. The third-order valence-electron chi connectivity index (χ3n) is 6.62. The van der Waals surface area contributed by atoms with Gasteiger partial charge in [-0.15, -0.1) is 0 Å². The molecule has 0 unspecified atom stereocenters. The van der Waals surface area contributed by atoms with Crippen LogP contribution in [0, 0.1) is 20.8 Å². The quantitative estimate of drug-likeness (QED) is 0.357. The van der Waals surface area contributed by atoms with Gasteiger partial charge in [-0.05, 0) is 86.6 Å². The Morgan fingerprint density at radius 3 is 2.43 bits per heavy atom. The van der Waals surface area contributed by atoms with Crippen LogP contribution in [0.3, 0.4) is 0 Å². The number of pyridine rings is 1. The van der Waals surface area contributed by atoms with Crippen LogP contribution in [0.4, 0.5) is 5.69 Å². The topological polar surface area (TPSA) is 70.4 Å². The van der Waals surface area contributed by atoms with Crippen molar-refractivity contribution >= 4 is 29.0 Å². The molecule has 35 heavy (non-hydrogen) atoms. The van der Waals surface area contributed by atoms with E-state index in [1.807, 2.05) is 56.3 Å². The molecule has 1 aliphatic heterocycles. The molecule has 2 aromatic carbocycles. The molecule has 2 atom stereocenters. The first kappa shape index (κ1) is 22.8. The number of rotatable bonds is 5. The molecule has 2 N–H and O–H groups in total. The number of benzene rings is 2. The highest BCUT2D eigenvalue weighted by atomic mass is 32.1. The summed E-state index contributed by atoms with van der Waals surface area (Å²) in [5, 5.41) is 13.7. The second kappa shape index (κ2) is 9.00. The van der Waals surface area contributed by atoms with E-state index in [-0.39, 0.29) is 17.6 Å². The molecule has 1 fully saturated rings. The first-order valence-corrected chi connectivity index (χ1v) is 11.9. The molecule has 4 aromatic rings. The van der Waals surface area contributed by atoms with Crippen molar-refractivity contribution in [2.24, 2.45) is 0 Å². The number of hydrogen-bond donors (Lipinski definition) is 2. The van der Waals surface area contributed by atoms with Crippen molar-refractivity contribution in [3.63, 3.8) is 0 Å². The molecule has 176 valence electrons. The second-order valence-electron chi connectivity index (χ2n) is 8.80. The van der Waals surface area contributed by atoms with Gasteiger partial charge in [0.2, 0.25) is 0 Å². The van der Waals surface area contributed by atoms with Crippen molar-refractivity contribution in [3.05, 3.63) is 113 Å². The van der Waals surface area contributed by atoms with Crippen molar-refractivity contribution in [1.82, 2.24) is 14.9 Å². The highest BCUT2D eigenvalue weighted by Gasteiger charge is 2.42. The fraction of sp³-hybridized carbons (Fsp3) is 0.179. The number of para-hydroxylation sites is 1. The molecule has 0 spiro atoms. The molecule has 1 aliphatic rings. The number of hydrogen-bond acceptors (Lipinski definition) is 3. The van der Waals surface area contributed by atoms with Gasteiger partial charge in [0.05, 0.1) is 23.3 Å². The maximum atomic E-state index is 11.7. The van der Waals surface area contributed by atoms with E-state index in [1.54, 1.807) is 18.3 Å². The molecule has 0 aliphatic carbocycles. The van der Waals surface area contributed by atoms with E-state index in [0.717, 1.165) is 39.6 Å².